The summed E-state index contributed by atoms with van der Waals surface area (Å²) in [6.07, 6.45) is 0.0693. The molecule has 0 unspecified atom stereocenters. The van der Waals surface area contributed by atoms with Crippen LogP contribution in [0.4, 0.5) is 0 Å². The summed E-state index contributed by atoms with van der Waals surface area (Å²) in [4.78, 5) is 12.5. The maximum atomic E-state index is 12.5. The lowest BCUT2D eigenvalue weighted by atomic mass is 9.87. The van der Waals surface area contributed by atoms with Crippen molar-refractivity contribution in [2.24, 2.45) is 0 Å². The molecule has 0 aliphatic carbocycles. The number of carbonyl (C=O) groups excluding carboxylic acids is 1. The maximum Gasteiger partial charge on any atom is 0.261 e. The summed E-state index contributed by atoms with van der Waals surface area (Å²) >= 11 is 0. The van der Waals surface area contributed by atoms with E-state index in [1.54, 1.807) is 0 Å². The monoisotopic (exact) mass is 405 g/mol. The number of nitrogens with one attached hydrogen (secondary N) is 1. The van der Waals surface area contributed by atoms with E-state index in [1.807, 2.05) is 49.4 Å². The van der Waals surface area contributed by atoms with Crippen molar-refractivity contribution in [3.8, 4) is 11.5 Å². The van der Waals surface area contributed by atoms with Crippen molar-refractivity contribution in [1.82, 2.24) is 5.32 Å². The number of carbonyl (C=O) groups is 1. The number of fused-ring (bicyclic) bond motifs is 1. The fraction of sp³-hybridized carbons (Fsp3) is 0.346. The van der Waals surface area contributed by atoms with Gasteiger partial charge in [0.25, 0.3) is 5.91 Å². The highest BCUT2D eigenvalue weighted by molar-refractivity contribution is 5.88. The summed E-state index contributed by atoms with van der Waals surface area (Å²) in [6.45, 7) is 9.28. The molecule has 3 aromatic carbocycles. The van der Waals surface area contributed by atoms with Crippen LogP contribution in [0.2, 0.25) is 0 Å². The lowest BCUT2D eigenvalue weighted by Crippen LogP contribution is -2.39. The van der Waals surface area contributed by atoms with Crippen molar-refractivity contribution in [3.05, 3.63) is 72.3 Å². The molecule has 0 saturated carbocycles. The van der Waals surface area contributed by atoms with Gasteiger partial charge in [-0.1, -0.05) is 76.2 Å². The number of amides is 1. The standard InChI is InChI=1S/C26H31NO3/c1-5-23(30-21-15-13-20(14-16-21)26(2,3)4)25(28)27-17-18-29-24-12-8-10-19-9-6-7-11-22(19)24/h6-16,23H,5,17-18H2,1-4H3,(H,27,28)/t23-/m1/s1. The number of rotatable bonds is 8. The molecule has 0 aromatic heterocycles. The Labute approximate surface area is 179 Å². The largest absolute Gasteiger partial charge is 0.491 e. The van der Waals surface area contributed by atoms with Crippen molar-refractivity contribution in [3.63, 3.8) is 0 Å². The second-order valence-corrected chi connectivity index (χ2v) is 8.41. The smallest absolute Gasteiger partial charge is 0.261 e. The first-order chi connectivity index (χ1) is 14.4. The van der Waals surface area contributed by atoms with Gasteiger partial charge in [0.15, 0.2) is 6.10 Å². The summed E-state index contributed by atoms with van der Waals surface area (Å²) in [7, 11) is 0. The van der Waals surface area contributed by atoms with E-state index in [1.165, 1.54) is 5.56 Å². The van der Waals surface area contributed by atoms with Crippen LogP contribution in [0.25, 0.3) is 10.8 Å². The SMILES string of the molecule is CC[C@@H](Oc1ccc(C(C)(C)C)cc1)C(=O)NCCOc1cccc2ccccc12. The molecule has 0 aliphatic heterocycles. The average Bonchev–Trinajstić information content (AvgIpc) is 2.74. The van der Waals surface area contributed by atoms with Gasteiger partial charge < -0.3 is 14.8 Å². The molecule has 1 N–H and O–H groups in total. The second-order valence-electron chi connectivity index (χ2n) is 8.41. The Balaban J connectivity index is 1.50. The van der Waals surface area contributed by atoms with Gasteiger partial charge in [0.2, 0.25) is 0 Å². The molecule has 1 amide bonds. The molecule has 0 heterocycles. The van der Waals surface area contributed by atoms with Crippen molar-refractivity contribution < 1.29 is 14.3 Å². The Kier molecular flexibility index (Phi) is 6.99. The van der Waals surface area contributed by atoms with E-state index in [-0.39, 0.29) is 11.3 Å². The van der Waals surface area contributed by atoms with E-state index in [4.69, 9.17) is 9.47 Å². The first-order valence-corrected chi connectivity index (χ1v) is 10.5. The molecule has 3 rings (SSSR count). The molecule has 1 atom stereocenters. The van der Waals surface area contributed by atoms with Crippen LogP contribution in [0, 0.1) is 0 Å². The zero-order valence-corrected chi connectivity index (χ0v) is 18.3. The van der Waals surface area contributed by atoms with E-state index in [9.17, 15) is 4.79 Å². The molecule has 30 heavy (non-hydrogen) atoms. The van der Waals surface area contributed by atoms with Crippen molar-refractivity contribution in [1.29, 1.82) is 0 Å². The van der Waals surface area contributed by atoms with Crippen molar-refractivity contribution in [2.45, 2.75) is 45.6 Å². The molecular weight excluding hydrogens is 374 g/mol. The van der Waals surface area contributed by atoms with Gasteiger partial charge in [0.1, 0.15) is 18.1 Å². The minimum absolute atomic E-state index is 0.0874. The molecule has 3 aromatic rings. The average molecular weight is 406 g/mol. The lowest BCUT2D eigenvalue weighted by molar-refractivity contribution is -0.128. The van der Waals surface area contributed by atoms with Crippen LogP contribution in [0.3, 0.4) is 0 Å². The predicted octanol–water partition coefficient (Wildman–Crippen LogP) is 5.49. The molecule has 0 radical (unpaired) electrons. The van der Waals surface area contributed by atoms with Crippen molar-refractivity contribution >= 4 is 16.7 Å². The van der Waals surface area contributed by atoms with Gasteiger partial charge in [-0.2, -0.15) is 0 Å². The number of hydrogen-bond acceptors (Lipinski definition) is 3. The summed E-state index contributed by atoms with van der Waals surface area (Å²) in [5.41, 5.74) is 1.32. The van der Waals surface area contributed by atoms with Gasteiger partial charge in [-0.25, -0.2) is 0 Å². The molecule has 0 spiro atoms. The summed E-state index contributed by atoms with van der Waals surface area (Å²) in [5.74, 6) is 1.40. The molecule has 4 nitrogen and oxygen atoms in total. The topological polar surface area (TPSA) is 47.6 Å². The second kappa shape index (κ2) is 9.66. The normalized spacial score (nSPS) is 12.4. The predicted molar refractivity (Wildman–Crippen MR) is 122 cm³/mol. The Hall–Kier alpha value is -3.01. The first-order valence-electron chi connectivity index (χ1n) is 10.5. The van der Waals surface area contributed by atoms with E-state index in [0.29, 0.717) is 25.3 Å². The van der Waals surface area contributed by atoms with Crippen LogP contribution >= 0.6 is 0 Å². The molecule has 0 aliphatic rings. The molecule has 158 valence electrons. The van der Waals surface area contributed by atoms with Gasteiger partial charge in [0, 0.05) is 5.39 Å². The van der Waals surface area contributed by atoms with Gasteiger partial charge in [0.05, 0.1) is 6.54 Å². The van der Waals surface area contributed by atoms with Crippen LogP contribution < -0.4 is 14.8 Å². The number of ether oxygens (including phenoxy) is 2. The minimum atomic E-state index is -0.525. The number of hydrogen-bond donors (Lipinski definition) is 1. The Morgan fingerprint density at radius 1 is 0.967 bits per heavy atom. The number of benzene rings is 3. The van der Waals surface area contributed by atoms with Crippen LogP contribution in [-0.2, 0) is 10.2 Å². The van der Waals surface area contributed by atoms with Gasteiger partial charge in [-0.05, 0) is 41.0 Å². The fourth-order valence-corrected chi connectivity index (χ4v) is 3.29. The third-order valence-electron chi connectivity index (χ3n) is 5.07. The third kappa shape index (κ3) is 5.53. The van der Waals surface area contributed by atoms with E-state index in [2.05, 4.69) is 50.4 Å². The zero-order chi connectivity index (χ0) is 21.6. The molecular formula is C26H31NO3. The fourth-order valence-electron chi connectivity index (χ4n) is 3.29. The zero-order valence-electron chi connectivity index (χ0n) is 18.3. The highest BCUT2D eigenvalue weighted by atomic mass is 16.5. The van der Waals surface area contributed by atoms with Crippen LogP contribution in [0.5, 0.6) is 11.5 Å². The minimum Gasteiger partial charge on any atom is -0.491 e. The molecule has 0 bridgehead atoms. The summed E-state index contributed by atoms with van der Waals surface area (Å²) in [6, 6.07) is 22.0. The summed E-state index contributed by atoms with van der Waals surface area (Å²) in [5, 5.41) is 5.12. The van der Waals surface area contributed by atoms with Crippen molar-refractivity contribution in [2.75, 3.05) is 13.2 Å². The Morgan fingerprint density at radius 2 is 1.67 bits per heavy atom. The van der Waals surface area contributed by atoms with E-state index in [0.717, 1.165) is 16.5 Å². The third-order valence-corrected chi connectivity index (χ3v) is 5.07. The quantitative estimate of drug-likeness (QED) is 0.504. The van der Waals surface area contributed by atoms with Crippen LogP contribution in [-0.4, -0.2) is 25.2 Å². The highest BCUT2D eigenvalue weighted by Crippen LogP contribution is 2.26. The highest BCUT2D eigenvalue weighted by Gasteiger charge is 2.19. The Bertz CT molecular complexity index is 968. The van der Waals surface area contributed by atoms with Gasteiger partial charge >= 0.3 is 0 Å². The summed E-state index contributed by atoms with van der Waals surface area (Å²) < 4.78 is 11.8. The molecule has 0 fully saturated rings. The van der Waals surface area contributed by atoms with Crippen LogP contribution in [0.1, 0.15) is 39.7 Å². The first kappa shape index (κ1) is 21.7. The van der Waals surface area contributed by atoms with E-state index >= 15 is 0 Å². The maximum absolute atomic E-state index is 12.5. The van der Waals surface area contributed by atoms with Gasteiger partial charge in [-0.15, -0.1) is 0 Å². The lowest BCUT2D eigenvalue weighted by Gasteiger charge is -2.21. The van der Waals surface area contributed by atoms with E-state index < -0.39 is 6.10 Å². The molecule has 0 saturated heterocycles. The van der Waals surface area contributed by atoms with Crippen LogP contribution in [0.15, 0.2) is 66.7 Å². The van der Waals surface area contributed by atoms with Gasteiger partial charge in [-0.3, -0.25) is 4.79 Å². The molecule has 4 heteroatoms. The Morgan fingerprint density at radius 3 is 2.37 bits per heavy atom.